The van der Waals surface area contributed by atoms with Crippen molar-refractivity contribution in [2.75, 3.05) is 20.1 Å². The molecule has 0 aromatic carbocycles. The zero-order chi connectivity index (χ0) is 11.3. The molecule has 0 fully saturated rings. The molecule has 0 bridgehead atoms. The fourth-order valence-electron chi connectivity index (χ4n) is 1.25. The Morgan fingerprint density at radius 3 is 2.40 bits per heavy atom. The fourth-order valence-corrected chi connectivity index (χ4v) is 1.25. The maximum Gasteiger partial charge on any atom is 0.401 e. The molecule has 0 spiro atoms. The van der Waals surface area contributed by atoms with E-state index >= 15 is 0 Å². The molecular formula is C10H13F3N2. The molecule has 0 amide bonds. The number of hydrogen-bond donors (Lipinski definition) is 0. The number of alkyl halides is 3. The summed E-state index contributed by atoms with van der Waals surface area (Å²) in [6.45, 7) is -0.471. The Kier molecular flexibility index (Phi) is 4.08. The Labute approximate surface area is 86.7 Å². The van der Waals surface area contributed by atoms with E-state index in [2.05, 4.69) is 4.98 Å². The zero-order valence-corrected chi connectivity index (χ0v) is 8.46. The van der Waals surface area contributed by atoms with E-state index in [1.165, 1.54) is 11.9 Å². The minimum absolute atomic E-state index is 0.392. The van der Waals surface area contributed by atoms with E-state index in [0.717, 1.165) is 5.56 Å². The number of halogens is 3. The van der Waals surface area contributed by atoms with Crippen LogP contribution in [0.4, 0.5) is 13.2 Å². The highest BCUT2D eigenvalue weighted by molar-refractivity contribution is 5.09. The second kappa shape index (κ2) is 5.11. The maximum atomic E-state index is 12.0. The van der Waals surface area contributed by atoms with E-state index in [-0.39, 0.29) is 0 Å². The molecule has 1 rings (SSSR count). The van der Waals surface area contributed by atoms with Crippen molar-refractivity contribution in [3.63, 3.8) is 0 Å². The first-order valence-electron chi connectivity index (χ1n) is 4.61. The van der Waals surface area contributed by atoms with Crippen LogP contribution < -0.4 is 0 Å². The van der Waals surface area contributed by atoms with Gasteiger partial charge in [0.25, 0.3) is 0 Å². The van der Waals surface area contributed by atoms with Gasteiger partial charge < -0.3 is 0 Å². The Balaban J connectivity index is 2.32. The molecule has 0 saturated carbocycles. The maximum absolute atomic E-state index is 12.0. The molecule has 0 aliphatic rings. The van der Waals surface area contributed by atoms with Gasteiger partial charge in [-0.05, 0) is 31.2 Å². The molecule has 0 unspecified atom stereocenters. The van der Waals surface area contributed by atoms with Crippen LogP contribution in [0.15, 0.2) is 24.5 Å². The summed E-state index contributed by atoms with van der Waals surface area (Å²) >= 11 is 0. The Hall–Kier alpha value is -1.10. The normalized spacial score (nSPS) is 12.1. The number of hydrogen-bond acceptors (Lipinski definition) is 2. The summed E-state index contributed by atoms with van der Waals surface area (Å²) in [6.07, 6.45) is -0.236. The van der Waals surface area contributed by atoms with Gasteiger partial charge in [-0.1, -0.05) is 0 Å². The van der Waals surface area contributed by atoms with Crippen molar-refractivity contribution in [3.05, 3.63) is 30.1 Å². The molecule has 1 heterocycles. The lowest BCUT2D eigenvalue weighted by molar-refractivity contribution is -0.142. The topological polar surface area (TPSA) is 16.1 Å². The van der Waals surface area contributed by atoms with Crippen LogP contribution in [0.2, 0.25) is 0 Å². The van der Waals surface area contributed by atoms with Crippen molar-refractivity contribution in [1.29, 1.82) is 0 Å². The summed E-state index contributed by atoms with van der Waals surface area (Å²) in [5, 5.41) is 0. The highest BCUT2D eigenvalue weighted by atomic mass is 19.4. The fraction of sp³-hybridized carbons (Fsp3) is 0.500. The number of rotatable bonds is 4. The zero-order valence-electron chi connectivity index (χ0n) is 8.46. The summed E-state index contributed by atoms with van der Waals surface area (Å²) in [5.74, 6) is 0. The number of aromatic nitrogens is 1. The first kappa shape index (κ1) is 12.0. The van der Waals surface area contributed by atoms with Crippen LogP contribution >= 0.6 is 0 Å². The molecule has 84 valence electrons. The SMILES string of the molecule is CN(CCc1ccncc1)CC(F)(F)F. The molecule has 0 radical (unpaired) electrons. The van der Waals surface area contributed by atoms with Crippen molar-refractivity contribution in [2.24, 2.45) is 0 Å². The number of nitrogens with zero attached hydrogens (tertiary/aromatic N) is 2. The van der Waals surface area contributed by atoms with Gasteiger partial charge in [-0.2, -0.15) is 13.2 Å². The van der Waals surface area contributed by atoms with Crippen LogP contribution in [-0.4, -0.2) is 36.2 Å². The van der Waals surface area contributed by atoms with Crippen LogP contribution in [0.25, 0.3) is 0 Å². The van der Waals surface area contributed by atoms with Gasteiger partial charge in [0.1, 0.15) is 0 Å². The van der Waals surface area contributed by atoms with Crippen molar-refractivity contribution >= 4 is 0 Å². The molecule has 0 N–H and O–H groups in total. The largest absolute Gasteiger partial charge is 0.401 e. The summed E-state index contributed by atoms with van der Waals surface area (Å²) in [4.78, 5) is 5.10. The molecule has 5 heteroatoms. The third-order valence-electron chi connectivity index (χ3n) is 1.98. The van der Waals surface area contributed by atoms with Gasteiger partial charge in [-0.25, -0.2) is 0 Å². The van der Waals surface area contributed by atoms with Crippen LogP contribution in [0.1, 0.15) is 5.56 Å². The minimum Gasteiger partial charge on any atom is -0.298 e. The quantitative estimate of drug-likeness (QED) is 0.769. The van der Waals surface area contributed by atoms with E-state index in [0.29, 0.717) is 13.0 Å². The number of pyridine rings is 1. The first-order chi connectivity index (χ1) is 6.97. The van der Waals surface area contributed by atoms with Crippen LogP contribution in [0.3, 0.4) is 0 Å². The summed E-state index contributed by atoms with van der Waals surface area (Å²) in [5.41, 5.74) is 0.999. The standard InChI is InChI=1S/C10H13F3N2/c1-15(8-10(11,12)13)7-4-9-2-5-14-6-3-9/h2-3,5-6H,4,7-8H2,1H3. The predicted molar refractivity (Wildman–Crippen MR) is 51.5 cm³/mol. The van der Waals surface area contributed by atoms with Gasteiger partial charge in [-0.15, -0.1) is 0 Å². The minimum atomic E-state index is -4.12. The third-order valence-corrected chi connectivity index (χ3v) is 1.98. The molecule has 1 aromatic rings. The van der Waals surface area contributed by atoms with E-state index in [1.54, 1.807) is 24.5 Å². The molecule has 15 heavy (non-hydrogen) atoms. The van der Waals surface area contributed by atoms with Crippen molar-refractivity contribution < 1.29 is 13.2 Å². The molecule has 0 aliphatic heterocycles. The lowest BCUT2D eigenvalue weighted by atomic mass is 10.2. The Bertz CT molecular complexity index is 284. The second-order valence-electron chi connectivity index (χ2n) is 3.46. The summed E-state index contributed by atoms with van der Waals surface area (Å²) in [7, 11) is 1.47. The first-order valence-corrected chi connectivity index (χ1v) is 4.61. The van der Waals surface area contributed by atoms with E-state index < -0.39 is 12.7 Å². The van der Waals surface area contributed by atoms with E-state index in [9.17, 15) is 13.2 Å². The third kappa shape index (κ3) is 5.37. The van der Waals surface area contributed by atoms with Gasteiger partial charge in [0.05, 0.1) is 6.54 Å². The molecule has 1 aromatic heterocycles. The van der Waals surface area contributed by atoms with Crippen molar-refractivity contribution in [2.45, 2.75) is 12.6 Å². The highest BCUT2D eigenvalue weighted by Crippen LogP contribution is 2.15. The predicted octanol–water partition coefficient (Wildman–Crippen LogP) is 2.12. The Morgan fingerprint density at radius 2 is 1.87 bits per heavy atom. The molecule has 0 aliphatic carbocycles. The second-order valence-corrected chi connectivity index (χ2v) is 3.46. The summed E-state index contributed by atoms with van der Waals surface area (Å²) < 4.78 is 35.9. The van der Waals surface area contributed by atoms with Gasteiger partial charge >= 0.3 is 6.18 Å². The number of likely N-dealkylation sites (N-methyl/N-ethyl adjacent to an activating group) is 1. The van der Waals surface area contributed by atoms with E-state index in [1.807, 2.05) is 0 Å². The summed E-state index contributed by atoms with van der Waals surface area (Å²) in [6, 6.07) is 3.61. The highest BCUT2D eigenvalue weighted by Gasteiger charge is 2.28. The average Bonchev–Trinajstić information content (AvgIpc) is 2.14. The van der Waals surface area contributed by atoms with Gasteiger partial charge in [-0.3, -0.25) is 9.88 Å². The van der Waals surface area contributed by atoms with Crippen LogP contribution in [0, 0.1) is 0 Å². The molecule has 0 saturated heterocycles. The monoisotopic (exact) mass is 218 g/mol. The lowest BCUT2D eigenvalue weighted by Gasteiger charge is -2.18. The molecule has 0 atom stereocenters. The smallest absolute Gasteiger partial charge is 0.298 e. The van der Waals surface area contributed by atoms with Crippen LogP contribution in [-0.2, 0) is 6.42 Å². The molecule has 2 nitrogen and oxygen atoms in total. The van der Waals surface area contributed by atoms with Crippen LogP contribution in [0.5, 0.6) is 0 Å². The lowest BCUT2D eigenvalue weighted by Crippen LogP contribution is -2.32. The molecular weight excluding hydrogens is 205 g/mol. The van der Waals surface area contributed by atoms with E-state index in [4.69, 9.17) is 0 Å². The van der Waals surface area contributed by atoms with Gasteiger partial charge in [0, 0.05) is 18.9 Å². The van der Waals surface area contributed by atoms with Gasteiger partial charge in [0.15, 0.2) is 0 Å². The van der Waals surface area contributed by atoms with Crippen molar-refractivity contribution in [1.82, 2.24) is 9.88 Å². The van der Waals surface area contributed by atoms with Crippen molar-refractivity contribution in [3.8, 4) is 0 Å². The average molecular weight is 218 g/mol. The Morgan fingerprint density at radius 1 is 1.27 bits per heavy atom. The van der Waals surface area contributed by atoms with Gasteiger partial charge in [0.2, 0.25) is 0 Å².